The van der Waals surface area contributed by atoms with Crippen molar-refractivity contribution in [2.45, 2.75) is 65.6 Å². The van der Waals surface area contributed by atoms with Gasteiger partial charge >= 0.3 is 0 Å². The van der Waals surface area contributed by atoms with Crippen LogP contribution < -0.4 is 5.32 Å². The lowest BCUT2D eigenvalue weighted by Gasteiger charge is -2.30. The molecule has 1 saturated heterocycles. The number of allylic oxidation sites excluding steroid dienone is 2. The Balaban J connectivity index is 1.71. The molecule has 1 unspecified atom stereocenters. The van der Waals surface area contributed by atoms with Crippen LogP contribution in [0.25, 0.3) is 0 Å². The first-order valence-corrected chi connectivity index (χ1v) is 11.3. The van der Waals surface area contributed by atoms with E-state index in [-0.39, 0.29) is 61.0 Å². The number of carbonyl (C=O) groups excluding carboxylic acids is 4. The van der Waals surface area contributed by atoms with Crippen LogP contribution in [0.4, 0.5) is 0 Å². The van der Waals surface area contributed by atoms with Gasteiger partial charge < -0.3 is 10.2 Å². The summed E-state index contributed by atoms with van der Waals surface area (Å²) in [6, 6.07) is 7.09. The van der Waals surface area contributed by atoms with E-state index in [1.807, 2.05) is 57.2 Å². The number of imide groups is 1. The molecule has 32 heavy (non-hydrogen) atoms. The van der Waals surface area contributed by atoms with Crippen LogP contribution in [-0.4, -0.2) is 52.1 Å². The summed E-state index contributed by atoms with van der Waals surface area (Å²) >= 11 is 0. The number of hydrogen-bond donors (Lipinski definition) is 1. The average molecular weight is 440 g/mol. The van der Waals surface area contributed by atoms with Crippen molar-refractivity contribution >= 4 is 23.6 Å². The Labute approximate surface area is 189 Å². The standard InChI is InChI=1S/C25H33N3O4/c1-16(2)26-23(30)18(4)28(15-19-11-9-17(3)10-12-19)22(29)13-14-27-24(31)20-7-5-6-8-21(20)25(27)32/h5-6,9-12,16,18,20-21H,7-8,13-15H2,1-4H3,(H,26,30)/t18?,20-,21+. The summed E-state index contributed by atoms with van der Waals surface area (Å²) in [5.41, 5.74) is 2.03. The minimum absolute atomic E-state index is 0.00446. The fourth-order valence-electron chi connectivity index (χ4n) is 4.32. The third-order valence-corrected chi connectivity index (χ3v) is 6.22. The van der Waals surface area contributed by atoms with Gasteiger partial charge in [-0.15, -0.1) is 0 Å². The monoisotopic (exact) mass is 439 g/mol. The maximum Gasteiger partial charge on any atom is 0.242 e. The highest BCUT2D eigenvalue weighted by atomic mass is 16.2. The second-order valence-corrected chi connectivity index (χ2v) is 9.08. The maximum atomic E-state index is 13.2. The molecule has 7 heteroatoms. The normalized spacial score (nSPS) is 21.0. The number of benzene rings is 1. The van der Waals surface area contributed by atoms with Crippen LogP contribution in [0, 0.1) is 18.8 Å². The fourth-order valence-corrected chi connectivity index (χ4v) is 4.32. The number of amides is 4. The van der Waals surface area contributed by atoms with Crippen LogP contribution in [0.3, 0.4) is 0 Å². The van der Waals surface area contributed by atoms with Crippen LogP contribution in [-0.2, 0) is 25.7 Å². The quantitative estimate of drug-likeness (QED) is 0.498. The van der Waals surface area contributed by atoms with Gasteiger partial charge in [-0.2, -0.15) is 0 Å². The van der Waals surface area contributed by atoms with Gasteiger partial charge in [-0.05, 0) is 46.1 Å². The highest BCUT2D eigenvalue weighted by Crippen LogP contribution is 2.35. The Morgan fingerprint density at radius 1 is 1.03 bits per heavy atom. The highest BCUT2D eigenvalue weighted by Gasteiger charge is 2.47. The second-order valence-electron chi connectivity index (χ2n) is 9.08. The number of nitrogens with zero attached hydrogens (tertiary/aromatic N) is 2. The molecule has 0 saturated carbocycles. The largest absolute Gasteiger partial charge is 0.352 e. The summed E-state index contributed by atoms with van der Waals surface area (Å²) in [6.07, 6.45) is 5.03. The lowest BCUT2D eigenvalue weighted by molar-refractivity contribution is -0.143. The Hall–Kier alpha value is -2.96. The molecular formula is C25H33N3O4. The molecule has 0 aromatic heterocycles. The van der Waals surface area contributed by atoms with Gasteiger partial charge in [-0.25, -0.2) is 0 Å². The number of fused-ring (bicyclic) bond motifs is 1. The van der Waals surface area contributed by atoms with E-state index < -0.39 is 6.04 Å². The molecule has 1 fully saturated rings. The van der Waals surface area contributed by atoms with Crippen molar-refractivity contribution in [2.75, 3.05) is 6.54 Å². The van der Waals surface area contributed by atoms with E-state index in [0.717, 1.165) is 11.1 Å². The zero-order valence-electron chi connectivity index (χ0n) is 19.3. The summed E-state index contributed by atoms with van der Waals surface area (Å²) in [5, 5.41) is 2.86. The van der Waals surface area contributed by atoms with Crippen LogP contribution in [0.15, 0.2) is 36.4 Å². The molecule has 172 valence electrons. The van der Waals surface area contributed by atoms with E-state index >= 15 is 0 Å². The smallest absolute Gasteiger partial charge is 0.242 e. The zero-order valence-corrected chi connectivity index (χ0v) is 19.3. The van der Waals surface area contributed by atoms with Gasteiger partial charge in [0, 0.05) is 25.6 Å². The second kappa shape index (κ2) is 10.1. The molecule has 1 aliphatic heterocycles. The predicted molar refractivity (Wildman–Crippen MR) is 121 cm³/mol. The lowest BCUT2D eigenvalue weighted by Crippen LogP contribution is -2.49. The molecule has 3 rings (SSSR count). The Bertz CT molecular complexity index is 880. The summed E-state index contributed by atoms with van der Waals surface area (Å²) in [6.45, 7) is 7.76. The number of likely N-dealkylation sites (tertiary alicyclic amines) is 1. The topological polar surface area (TPSA) is 86.8 Å². The van der Waals surface area contributed by atoms with Crippen molar-refractivity contribution in [3.05, 3.63) is 47.5 Å². The minimum atomic E-state index is -0.678. The summed E-state index contributed by atoms with van der Waals surface area (Å²) in [4.78, 5) is 54.0. The molecule has 3 atom stereocenters. The van der Waals surface area contributed by atoms with Gasteiger partial charge in [-0.3, -0.25) is 24.1 Å². The minimum Gasteiger partial charge on any atom is -0.352 e. The van der Waals surface area contributed by atoms with Crippen molar-refractivity contribution in [1.29, 1.82) is 0 Å². The molecule has 0 radical (unpaired) electrons. The first kappa shape index (κ1) is 23.7. The first-order valence-electron chi connectivity index (χ1n) is 11.3. The van der Waals surface area contributed by atoms with Gasteiger partial charge in [0.1, 0.15) is 6.04 Å². The van der Waals surface area contributed by atoms with Gasteiger partial charge in [0.15, 0.2) is 0 Å². The molecule has 2 aliphatic rings. The molecule has 1 aromatic rings. The van der Waals surface area contributed by atoms with E-state index in [9.17, 15) is 19.2 Å². The van der Waals surface area contributed by atoms with Crippen LogP contribution in [0.2, 0.25) is 0 Å². The molecule has 1 aromatic carbocycles. The highest BCUT2D eigenvalue weighted by molar-refractivity contribution is 6.05. The molecule has 7 nitrogen and oxygen atoms in total. The molecule has 1 heterocycles. The molecular weight excluding hydrogens is 406 g/mol. The van der Waals surface area contributed by atoms with Crippen LogP contribution >= 0.6 is 0 Å². The number of rotatable bonds is 8. The number of nitrogens with one attached hydrogen (secondary N) is 1. The molecule has 1 N–H and O–H groups in total. The number of carbonyl (C=O) groups is 4. The average Bonchev–Trinajstić information content (AvgIpc) is 3.00. The molecule has 0 bridgehead atoms. The van der Waals surface area contributed by atoms with E-state index in [1.54, 1.807) is 6.92 Å². The fraction of sp³-hybridized carbons (Fsp3) is 0.520. The van der Waals surface area contributed by atoms with Crippen molar-refractivity contribution in [1.82, 2.24) is 15.1 Å². The van der Waals surface area contributed by atoms with Crippen molar-refractivity contribution < 1.29 is 19.2 Å². The zero-order chi connectivity index (χ0) is 23.4. The van der Waals surface area contributed by atoms with E-state index in [2.05, 4.69) is 5.32 Å². The SMILES string of the molecule is Cc1ccc(CN(C(=O)CCN2C(=O)[C@H]3CC=CC[C@H]3C2=O)C(C)C(=O)NC(C)C)cc1. The molecule has 0 spiro atoms. The third kappa shape index (κ3) is 5.26. The molecule has 1 aliphatic carbocycles. The van der Waals surface area contributed by atoms with Crippen molar-refractivity contribution in [3.63, 3.8) is 0 Å². The number of aryl methyl sites for hydroxylation is 1. The van der Waals surface area contributed by atoms with Gasteiger partial charge in [0.05, 0.1) is 11.8 Å². The lowest BCUT2D eigenvalue weighted by atomic mass is 9.85. The summed E-state index contributed by atoms with van der Waals surface area (Å²) < 4.78 is 0. The van der Waals surface area contributed by atoms with Crippen LogP contribution in [0.5, 0.6) is 0 Å². The Kier molecular flexibility index (Phi) is 7.48. The van der Waals surface area contributed by atoms with E-state index in [1.165, 1.54) is 9.80 Å². The van der Waals surface area contributed by atoms with Crippen LogP contribution in [0.1, 0.15) is 51.2 Å². The van der Waals surface area contributed by atoms with Gasteiger partial charge in [0.25, 0.3) is 0 Å². The first-order chi connectivity index (χ1) is 15.2. The van der Waals surface area contributed by atoms with Gasteiger partial charge in [0.2, 0.25) is 23.6 Å². The van der Waals surface area contributed by atoms with Crippen molar-refractivity contribution in [2.24, 2.45) is 11.8 Å². The van der Waals surface area contributed by atoms with Crippen molar-refractivity contribution in [3.8, 4) is 0 Å². The van der Waals surface area contributed by atoms with Gasteiger partial charge in [-0.1, -0.05) is 42.0 Å². The predicted octanol–water partition coefficient (Wildman–Crippen LogP) is 2.58. The Morgan fingerprint density at radius 3 is 2.12 bits per heavy atom. The van der Waals surface area contributed by atoms with E-state index in [4.69, 9.17) is 0 Å². The number of hydrogen-bond acceptors (Lipinski definition) is 4. The Morgan fingerprint density at radius 2 is 1.59 bits per heavy atom. The molecule has 4 amide bonds. The van der Waals surface area contributed by atoms with E-state index in [0.29, 0.717) is 12.8 Å². The maximum absolute atomic E-state index is 13.2. The summed E-state index contributed by atoms with van der Waals surface area (Å²) in [5.74, 6) is -1.47. The third-order valence-electron chi connectivity index (χ3n) is 6.22. The summed E-state index contributed by atoms with van der Waals surface area (Å²) in [7, 11) is 0.